The van der Waals surface area contributed by atoms with Crippen molar-refractivity contribution in [2.45, 2.75) is 70.9 Å². The van der Waals surface area contributed by atoms with Gasteiger partial charge in [-0.25, -0.2) is 0 Å². The predicted octanol–water partition coefficient (Wildman–Crippen LogP) is 2.41. The number of nitrogens with one attached hydrogen (secondary N) is 3. The summed E-state index contributed by atoms with van der Waals surface area (Å²) in [5.41, 5.74) is 0. The molecule has 124 valence electrons. The second-order valence-corrected chi connectivity index (χ2v) is 5.61. The molecule has 0 aromatic carbocycles. The van der Waals surface area contributed by atoms with Crippen LogP contribution in [0.15, 0.2) is 4.99 Å². The highest BCUT2D eigenvalue weighted by Crippen LogP contribution is 2.17. The van der Waals surface area contributed by atoms with Gasteiger partial charge in [-0.1, -0.05) is 26.2 Å². The molecule has 21 heavy (non-hydrogen) atoms. The number of guanidine groups is 1. The first-order chi connectivity index (χ1) is 9.65. The lowest BCUT2D eigenvalue weighted by Gasteiger charge is -2.24. The Morgan fingerprint density at radius 1 is 1.29 bits per heavy atom. The summed E-state index contributed by atoms with van der Waals surface area (Å²) in [7, 11) is 1.78. The van der Waals surface area contributed by atoms with Crippen LogP contribution in [0.2, 0.25) is 0 Å². The number of carbonyl (C=O) groups is 1. The number of amides is 1. The molecule has 1 rings (SSSR count). The molecule has 0 saturated heterocycles. The molecule has 0 spiro atoms. The van der Waals surface area contributed by atoms with E-state index in [0.717, 1.165) is 12.4 Å². The summed E-state index contributed by atoms with van der Waals surface area (Å²) in [5, 5.41) is 9.62. The van der Waals surface area contributed by atoms with E-state index in [0.29, 0.717) is 19.0 Å². The van der Waals surface area contributed by atoms with Gasteiger partial charge in [0.15, 0.2) is 5.96 Å². The van der Waals surface area contributed by atoms with Crippen LogP contribution in [0.5, 0.6) is 0 Å². The van der Waals surface area contributed by atoms with Gasteiger partial charge in [-0.05, 0) is 26.2 Å². The predicted molar refractivity (Wildman–Crippen MR) is 99.3 cm³/mol. The average molecular weight is 410 g/mol. The van der Waals surface area contributed by atoms with Gasteiger partial charge in [0, 0.05) is 32.1 Å². The summed E-state index contributed by atoms with van der Waals surface area (Å²) in [5.74, 6) is 0.910. The Hall–Kier alpha value is -0.530. The van der Waals surface area contributed by atoms with Gasteiger partial charge in [0.2, 0.25) is 5.91 Å². The SMILES string of the molecule is CCC(C)NC(=O)CCNC(=NC)NC1CCCCC1.I. The van der Waals surface area contributed by atoms with Crippen molar-refractivity contribution in [1.82, 2.24) is 16.0 Å². The van der Waals surface area contributed by atoms with E-state index in [9.17, 15) is 4.79 Å². The van der Waals surface area contributed by atoms with E-state index in [-0.39, 0.29) is 35.9 Å². The van der Waals surface area contributed by atoms with E-state index in [1.54, 1.807) is 7.05 Å². The molecule has 1 amide bonds. The Bertz CT molecular complexity index is 317. The number of hydrogen-bond acceptors (Lipinski definition) is 2. The van der Waals surface area contributed by atoms with Gasteiger partial charge in [-0.15, -0.1) is 24.0 Å². The highest BCUT2D eigenvalue weighted by Gasteiger charge is 2.14. The van der Waals surface area contributed by atoms with Gasteiger partial charge in [0.05, 0.1) is 0 Å². The van der Waals surface area contributed by atoms with Crippen LogP contribution in [-0.4, -0.2) is 37.5 Å². The second-order valence-electron chi connectivity index (χ2n) is 5.61. The average Bonchev–Trinajstić information content (AvgIpc) is 2.47. The maximum absolute atomic E-state index is 11.7. The van der Waals surface area contributed by atoms with Crippen molar-refractivity contribution in [3.63, 3.8) is 0 Å². The highest BCUT2D eigenvalue weighted by atomic mass is 127. The summed E-state index contributed by atoms with van der Waals surface area (Å²) in [6, 6.07) is 0.783. The van der Waals surface area contributed by atoms with Crippen molar-refractivity contribution < 1.29 is 4.79 Å². The summed E-state index contributed by atoms with van der Waals surface area (Å²) in [6.07, 6.45) is 7.82. The topological polar surface area (TPSA) is 65.5 Å². The standard InChI is InChI=1S/C15H30N4O.HI/c1-4-12(2)18-14(20)10-11-17-15(16-3)19-13-8-6-5-7-9-13;/h12-13H,4-11H2,1-3H3,(H,18,20)(H2,16,17,19);1H. The normalized spacial score (nSPS) is 17.6. The molecule has 1 aliphatic rings. The zero-order chi connectivity index (χ0) is 14.8. The van der Waals surface area contributed by atoms with Gasteiger partial charge in [-0.3, -0.25) is 9.79 Å². The van der Waals surface area contributed by atoms with E-state index in [1.807, 2.05) is 6.92 Å². The molecule has 5 nitrogen and oxygen atoms in total. The van der Waals surface area contributed by atoms with E-state index in [1.165, 1.54) is 32.1 Å². The molecule has 0 aromatic heterocycles. The van der Waals surface area contributed by atoms with Gasteiger partial charge < -0.3 is 16.0 Å². The van der Waals surface area contributed by atoms with Crippen LogP contribution < -0.4 is 16.0 Å². The molecule has 1 unspecified atom stereocenters. The third kappa shape index (κ3) is 9.16. The van der Waals surface area contributed by atoms with E-state index >= 15 is 0 Å². The van der Waals surface area contributed by atoms with Crippen LogP contribution >= 0.6 is 24.0 Å². The van der Waals surface area contributed by atoms with Crippen LogP contribution in [0.25, 0.3) is 0 Å². The van der Waals surface area contributed by atoms with Gasteiger partial charge >= 0.3 is 0 Å². The minimum atomic E-state index is 0. The molecular weight excluding hydrogens is 379 g/mol. The number of halogens is 1. The molecule has 0 heterocycles. The van der Waals surface area contributed by atoms with Crippen LogP contribution in [0.1, 0.15) is 58.8 Å². The summed E-state index contributed by atoms with van der Waals surface area (Å²) in [6.45, 7) is 4.71. The molecule has 6 heteroatoms. The Morgan fingerprint density at radius 2 is 1.95 bits per heavy atom. The third-order valence-corrected chi connectivity index (χ3v) is 3.83. The summed E-state index contributed by atoms with van der Waals surface area (Å²) in [4.78, 5) is 15.9. The van der Waals surface area contributed by atoms with Crippen molar-refractivity contribution in [3.8, 4) is 0 Å². The Labute approximate surface area is 146 Å². The quantitative estimate of drug-likeness (QED) is 0.358. The minimum absolute atomic E-state index is 0. The van der Waals surface area contributed by atoms with E-state index < -0.39 is 0 Å². The molecule has 0 radical (unpaired) electrons. The maximum atomic E-state index is 11.7. The number of carbonyl (C=O) groups excluding carboxylic acids is 1. The zero-order valence-electron chi connectivity index (χ0n) is 13.6. The number of rotatable bonds is 6. The fourth-order valence-corrected chi connectivity index (χ4v) is 2.38. The fraction of sp³-hybridized carbons (Fsp3) is 0.867. The molecule has 1 aliphatic carbocycles. The van der Waals surface area contributed by atoms with Crippen molar-refractivity contribution in [2.75, 3.05) is 13.6 Å². The third-order valence-electron chi connectivity index (χ3n) is 3.83. The van der Waals surface area contributed by atoms with Crippen molar-refractivity contribution in [1.29, 1.82) is 0 Å². The fourth-order valence-electron chi connectivity index (χ4n) is 2.38. The van der Waals surface area contributed by atoms with E-state index in [2.05, 4.69) is 27.9 Å². The lowest BCUT2D eigenvalue weighted by Crippen LogP contribution is -2.45. The van der Waals surface area contributed by atoms with Crippen molar-refractivity contribution >= 4 is 35.8 Å². The Morgan fingerprint density at radius 3 is 2.52 bits per heavy atom. The molecule has 0 aromatic rings. The molecule has 1 atom stereocenters. The number of aliphatic imine (C=N–C) groups is 1. The van der Waals surface area contributed by atoms with Crippen LogP contribution in [-0.2, 0) is 4.79 Å². The number of nitrogens with zero attached hydrogens (tertiary/aromatic N) is 1. The molecule has 0 bridgehead atoms. The Balaban J connectivity index is 0.00000400. The summed E-state index contributed by atoms with van der Waals surface area (Å²) < 4.78 is 0. The highest BCUT2D eigenvalue weighted by molar-refractivity contribution is 14.0. The lowest BCUT2D eigenvalue weighted by atomic mass is 9.96. The van der Waals surface area contributed by atoms with Crippen LogP contribution in [0.3, 0.4) is 0 Å². The molecular formula is C15H31IN4O. The monoisotopic (exact) mass is 410 g/mol. The first kappa shape index (κ1) is 20.5. The van der Waals surface area contributed by atoms with Gasteiger partial charge in [0.1, 0.15) is 0 Å². The maximum Gasteiger partial charge on any atom is 0.221 e. The molecule has 0 aliphatic heterocycles. The van der Waals surface area contributed by atoms with E-state index in [4.69, 9.17) is 0 Å². The first-order valence-electron chi connectivity index (χ1n) is 7.92. The first-order valence-corrected chi connectivity index (χ1v) is 7.92. The van der Waals surface area contributed by atoms with Crippen molar-refractivity contribution in [3.05, 3.63) is 0 Å². The Kier molecular flexibility index (Phi) is 11.8. The minimum Gasteiger partial charge on any atom is -0.356 e. The van der Waals surface area contributed by atoms with Crippen LogP contribution in [0, 0.1) is 0 Å². The second kappa shape index (κ2) is 12.1. The van der Waals surface area contributed by atoms with Gasteiger partial charge in [-0.2, -0.15) is 0 Å². The molecule has 3 N–H and O–H groups in total. The smallest absolute Gasteiger partial charge is 0.221 e. The molecule has 1 fully saturated rings. The van der Waals surface area contributed by atoms with Crippen LogP contribution in [0.4, 0.5) is 0 Å². The lowest BCUT2D eigenvalue weighted by molar-refractivity contribution is -0.121. The molecule has 1 saturated carbocycles. The summed E-state index contributed by atoms with van der Waals surface area (Å²) >= 11 is 0. The number of hydrogen-bond donors (Lipinski definition) is 3. The van der Waals surface area contributed by atoms with Crippen molar-refractivity contribution in [2.24, 2.45) is 4.99 Å². The van der Waals surface area contributed by atoms with Gasteiger partial charge in [0.25, 0.3) is 0 Å². The largest absolute Gasteiger partial charge is 0.356 e. The zero-order valence-corrected chi connectivity index (χ0v) is 15.9.